The van der Waals surface area contributed by atoms with E-state index in [9.17, 15) is 0 Å². The summed E-state index contributed by atoms with van der Waals surface area (Å²) >= 11 is 0. The summed E-state index contributed by atoms with van der Waals surface area (Å²) in [7, 11) is 0. The Kier molecular flexibility index (Phi) is 5.13. The average molecular weight is 270 g/mol. The molecule has 0 amide bonds. The summed E-state index contributed by atoms with van der Waals surface area (Å²) in [6.45, 7) is 8.54. The fourth-order valence-corrected chi connectivity index (χ4v) is 2.34. The van der Waals surface area contributed by atoms with Crippen LogP contribution in [0.5, 0.6) is 5.75 Å². The largest absolute Gasteiger partial charge is 0.492 e. The van der Waals surface area contributed by atoms with Gasteiger partial charge in [-0.3, -0.25) is 4.98 Å². The van der Waals surface area contributed by atoms with Crippen molar-refractivity contribution in [2.75, 3.05) is 13.2 Å². The highest BCUT2D eigenvalue weighted by Crippen LogP contribution is 2.24. The minimum atomic E-state index is 0.664. The van der Waals surface area contributed by atoms with Crippen molar-refractivity contribution in [1.82, 2.24) is 10.3 Å². The zero-order chi connectivity index (χ0) is 14.4. The second-order valence-corrected chi connectivity index (χ2v) is 5.07. The molecule has 0 unspecified atom stereocenters. The minimum Gasteiger partial charge on any atom is -0.492 e. The van der Waals surface area contributed by atoms with Crippen molar-refractivity contribution in [1.29, 1.82) is 0 Å². The molecule has 0 bridgehead atoms. The molecule has 20 heavy (non-hydrogen) atoms. The molecule has 0 aliphatic carbocycles. The van der Waals surface area contributed by atoms with E-state index in [4.69, 9.17) is 4.74 Å². The van der Waals surface area contributed by atoms with Gasteiger partial charge in [0.05, 0.1) is 5.69 Å². The van der Waals surface area contributed by atoms with Crippen molar-refractivity contribution in [3.63, 3.8) is 0 Å². The van der Waals surface area contributed by atoms with Crippen LogP contribution < -0.4 is 10.1 Å². The summed E-state index contributed by atoms with van der Waals surface area (Å²) in [4.78, 5) is 4.27. The normalized spacial score (nSPS) is 10.6. The highest BCUT2D eigenvalue weighted by Gasteiger charge is 2.04. The lowest BCUT2D eigenvalue weighted by Gasteiger charge is -2.13. The van der Waals surface area contributed by atoms with Crippen LogP contribution >= 0.6 is 0 Å². The quantitative estimate of drug-likeness (QED) is 0.819. The van der Waals surface area contributed by atoms with E-state index in [1.165, 1.54) is 16.7 Å². The molecule has 1 N–H and O–H groups in total. The number of hydrogen-bond acceptors (Lipinski definition) is 3. The maximum atomic E-state index is 5.88. The van der Waals surface area contributed by atoms with E-state index in [0.29, 0.717) is 6.61 Å². The Bertz CT molecular complexity index is 529. The van der Waals surface area contributed by atoms with Crippen LogP contribution in [-0.2, 0) is 6.54 Å². The topological polar surface area (TPSA) is 34.1 Å². The van der Waals surface area contributed by atoms with Gasteiger partial charge < -0.3 is 10.1 Å². The third kappa shape index (κ3) is 4.07. The highest BCUT2D eigenvalue weighted by molar-refractivity contribution is 5.42. The maximum absolute atomic E-state index is 5.88. The summed E-state index contributed by atoms with van der Waals surface area (Å²) in [5, 5.41) is 3.33. The summed E-state index contributed by atoms with van der Waals surface area (Å²) in [6.07, 6.45) is 1.81. The van der Waals surface area contributed by atoms with Crippen LogP contribution in [0.4, 0.5) is 0 Å². The van der Waals surface area contributed by atoms with Crippen LogP contribution in [0.1, 0.15) is 22.4 Å². The van der Waals surface area contributed by atoms with Crippen molar-refractivity contribution in [2.24, 2.45) is 0 Å². The molecule has 0 spiro atoms. The Morgan fingerprint density at radius 1 is 1.10 bits per heavy atom. The Labute approximate surface area is 121 Å². The van der Waals surface area contributed by atoms with E-state index in [1.54, 1.807) is 0 Å². The van der Waals surface area contributed by atoms with Gasteiger partial charge in [0.2, 0.25) is 0 Å². The molecule has 0 aliphatic heterocycles. The van der Waals surface area contributed by atoms with Gasteiger partial charge in [0.1, 0.15) is 12.4 Å². The number of nitrogens with zero attached hydrogens (tertiary/aromatic N) is 1. The molecule has 2 rings (SSSR count). The van der Waals surface area contributed by atoms with Crippen LogP contribution in [0.3, 0.4) is 0 Å². The summed E-state index contributed by atoms with van der Waals surface area (Å²) < 4.78 is 5.88. The first-order valence-electron chi connectivity index (χ1n) is 6.98. The van der Waals surface area contributed by atoms with Crippen LogP contribution in [0.15, 0.2) is 36.5 Å². The summed E-state index contributed by atoms with van der Waals surface area (Å²) in [6, 6.07) is 10.3. The van der Waals surface area contributed by atoms with E-state index in [0.717, 1.165) is 24.5 Å². The molecule has 3 heteroatoms. The Balaban J connectivity index is 1.76. The zero-order valence-electron chi connectivity index (χ0n) is 12.4. The van der Waals surface area contributed by atoms with Crippen molar-refractivity contribution in [2.45, 2.75) is 27.3 Å². The number of aryl methyl sites for hydroxylation is 3. The third-order valence-electron chi connectivity index (χ3n) is 3.16. The van der Waals surface area contributed by atoms with Crippen molar-refractivity contribution < 1.29 is 4.74 Å². The highest BCUT2D eigenvalue weighted by atomic mass is 16.5. The minimum absolute atomic E-state index is 0.664. The second kappa shape index (κ2) is 7.06. The molecule has 0 fully saturated rings. The van der Waals surface area contributed by atoms with Crippen LogP contribution in [-0.4, -0.2) is 18.1 Å². The summed E-state index contributed by atoms with van der Waals surface area (Å²) in [5.41, 5.74) is 4.73. The molecular formula is C17H22N2O. The first-order chi connectivity index (χ1) is 9.66. The van der Waals surface area contributed by atoms with Crippen LogP contribution in [0.2, 0.25) is 0 Å². The lowest BCUT2D eigenvalue weighted by Crippen LogP contribution is -2.21. The standard InChI is InChI=1S/C17H22N2O/c1-13-10-14(2)17(15(3)11-13)20-9-8-18-12-16-6-4-5-7-19-16/h4-7,10-11,18H,8-9,12H2,1-3H3. The molecule has 1 aromatic carbocycles. The lowest BCUT2D eigenvalue weighted by atomic mass is 10.1. The second-order valence-electron chi connectivity index (χ2n) is 5.07. The average Bonchev–Trinajstić information content (AvgIpc) is 2.42. The zero-order valence-corrected chi connectivity index (χ0v) is 12.4. The molecule has 106 valence electrons. The van der Waals surface area contributed by atoms with Gasteiger partial charge in [-0.15, -0.1) is 0 Å². The van der Waals surface area contributed by atoms with Gasteiger partial charge in [-0.05, 0) is 44.0 Å². The molecule has 3 nitrogen and oxygen atoms in total. The molecule has 0 aliphatic rings. The van der Waals surface area contributed by atoms with Crippen molar-refractivity contribution in [3.8, 4) is 5.75 Å². The van der Waals surface area contributed by atoms with Crippen molar-refractivity contribution >= 4 is 0 Å². The predicted octanol–water partition coefficient (Wildman–Crippen LogP) is 3.18. The van der Waals surface area contributed by atoms with Gasteiger partial charge in [-0.2, -0.15) is 0 Å². The van der Waals surface area contributed by atoms with Gasteiger partial charge in [0, 0.05) is 19.3 Å². The number of rotatable bonds is 6. The van der Waals surface area contributed by atoms with E-state index >= 15 is 0 Å². The number of nitrogens with one attached hydrogen (secondary N) is 1. The Hall–Kier alpha value is -1.87. The Morgan fingerprint density at radius 2 is 1.85 bits per heavy atom. The molecule has 0 radical (unpaired) electrons. The van der Waals surface area contributed by atoms with E-state index < -0.39 is 0 Å². The Morgan fingerprint density at radius 3 is 2.50 bits per heavy atom. The number of pyridine rings is 1. The van der Waals surface area contributed by atoms with Gasteiger partial charge in [0.25, 0.3) is 0 Å². The van der Waals surface area contributed by atoms with E-state index in [-0.39, 0.29) is 0 Å². The number of benzene rings is 1. The first kappa shape index (κ1) is 14.5. The predicted molar refractivity (Wildman–Crippen MR) is 82.1 cm³/mol. The fourth-order valence-electron chi connectivity index (χ4n) is 2.34. The van der Waals surface area contributed by atoms with E-state index in [2.05, 4.69) is 43.2 Å². The van der Waals surface area contributed by atoms with Crippen molar-refractivity contribution in [3.05, 3.63) is 58.9 Å². The molecule has 0 atom stereocenters. The number of aromatic nitrogens is 1. The van der Waals surface area contributed by atoms with Crippen LogP contribution in [0.25, 0.3) is 0 Å². The fraction of sp³-hybridized carbons (Fsp3) is 0.353. The molecule has 2 aromatic rings. The molecule has 0 saturated heterocycles. The molecular weight excluding hydrogens is 248 g/mol. The van der Waals surface area contributed by atoms with Crippen LogP contribution in [0, 0.1) is 20.8 Å². The maximum Gasteiger partial charge on any atom is 0.125 e. The third-order valence-corrected chi connectivity index (χ3v) is 3.16. The summed E-state index contributed by atoms with van der Waals surface area (Å²) in [5.74, 6) is 1.01. The van der Waals surface area contributed by atoms with Gasteiger partial charge in [0.15, 0.2) is 0 Å². The molecule has 1 aromatic heterocycles. The van der Waals surface area contributed by atoms with Gasteiger partial charge in [-0.1, -0.05) is 23.8 Å². The smallest absolute Gasteiger partial charge is 0.125 e. The van der Waals surface area contributed by atoms with E-state index in [1.807, 2.05) is 24.4 Å². The van der Waals surface area contributed by atoms with Gasteiger partial charge in [-0.25, -0.2) is 0 Å². The number of hydrogen-bond donors (Lipinski definition) is 1. The first-order valence-corrected chi connectivity index (χ1v) is 6.98. The lowest BCUT2D eigenvalue weighted by molar-refractivity contribution is 0.309. The SMILES string of the molecule is Cc1cc(C)c(OCCNCc2ccccn2)c(C)c1. The molecule has 0 saturated carbocycles. The monoisotopic (exact) mass is 270 g/mol. The number of ether oxygens (including phenoxy) is 1. The molecule has 1 heterocycles. The van der Waals surface area contributed by atoms with Gasteiger partial charge >= 0.3 is 0 Å².